The molecule has 1 heterocycles. The minimum absolute atomic E-state index is 0.0258. The molecule has 1 aliphatic heterocycles. The first kappa shape index (κ1) is 9.96. The van der Waals surface area contributed by atoms with Crippen molar-refractivity contribution in [1.29, 1.82) is 0 Å². The number of anilines is 1. The van der Waals surface area contributed by atoms with Crippen LogP contribution in [0.15, 0.2) is 18.2 Å². The van der Waals surface area contributed by atoms with E-state index in [1.165, 1.54) is 18.1 Å². The lowest BCUT2D eigenvalue weighted by Gasteiger charge is -2.17. The van der Waals surface area contributed by atoms with E-state index >= 15 is 0 Å². The van der Waals surface area contributed by atoms with Gasteiger partial charge in [0.05, 0.1) is 12.8 Å². The van der Waals surface area contributed by atoms with Crippen molar-refractivity contribution in [3.05, 3.63) is 24.0 Å². The first-order chi connectivity index (χ1) is 7.22. The predicted molar refractivity (Wildman–Crippen MR) is 54.5 cm³/mol. The van der Waals surface area contributed by atoms with Gasteiger partial charge in [-0.1, -0.05) is 0 Å². The molecule has 1 aromatic carbocycles. The summed E-state index contributed by atoms with van der Waals surface area (Å²) < 4.78 is 18.5. The van der Waals surface area contributed by atoms with Crippen molar-refractivity contribution in [3.63, 3.8) is 0 Å². The monoisotopic (exact) mass is 209 g/mol. The highest BCUT2D eigenvalue weighted by Gasteiger charge is 2.24. The Balaban J connectivity index is 2.37. The molecule has 0 saturated carbocycles. The standard InChI is InChI=1S/C11H12FNO2/c1-15-8-4-5-9(12)10(7-8)13-6-2-3-11(13)14/h4-5,7H,2-3,6H2,1H3. The van der Waals surface area contributed by atoms with Crippen LogP contribution in [0.2, 0.25) is 0 Å². The maximum Gasteiger partial charge on any atom is 0.227 e. The second-order valence-electron chi connectivity index (χ2n) is 3.47. The van der Waals surface area contributed by atoms with Crippen molar-refractivity contribution in [2.75, 3.05) is 18.6 Å². The van der Waals surface area contributed by atoms with Crippen LogP contribution in [0.5, 0.6) is 5.75 Å². The van der Waals surface area contributed by atoms with Gasteiger partial charge in [0.2, 0.25) is 5.91 Å². The Morgan fingerprint density at radius 2 is 2.27 bits per heavy atom. The summed E-state index contributed by atoms with van der Waals surface area (Å²) in [5, 5.41) is 0. The van der Waals surface area contributed by atoms with Crippen molar-refractivity contribution in [2.45, 2.75) is 12.8 Å². The van der Waals surface area contributed by atoms with Gasteiger partial charge < -0.3 is 9.64 Å². The van der Waals surface area contributed by atoms with Gasteiger partial charge in [0, 0.05) is 19.0 Å². The molecule has 0 bridgehead atoms. The molecule has 1 aromatic rings. The Labute approximate surface area is 87.5 Å². The highest BCUT2D eigenvalue weighted by Crippen LogP contribution is 2.28. The molecule has 1 aliphatic rings. The fraction of sp³-hybridized carbons (Fsp3) is 0.364. The normalized spacial score (nSPS) is 15.9. The number of amides is 1. The summed E-state index contributed by atoms with van der Waals surface area (Å²) in [6, 6.07) is 4.41. The molecule has 1 saturated heterocycles. The number of ether oxygens (including phenoxy) is 1. The third-order valence-corrected chi connectivity index (χ3v) is 2.52. The van der Waals surface area contributed by atoms with Gasteiger partial charge in [-0.25, -0.2) is 4.39 Å². The molecule has 4 heteroatoms. The molecule has 0 aromatic heterocycles. The fourth-order valence-electron chi connectivity index (χ4n) is 1.73. The van der Waals surface area contributed by atoms with Crippen LogP contribution in [0.25, 0.3) is 0 Å². The molecule has 80 valence electrons. The van der Waals surface area contributed by atoms with Crippen LogP contribution in [0.4, 0.5) is 10.1 Å². The highest BCUT2D eigenvalue weighted by molar-refractivity contribution is 5.95. The van der Waals surface area contributed by atoms with Crippen LogP contribution in [-0.4, -0.2) is 19.6 Å². The number of hydrogen-bond donors (Lipinski definition) is 0. The van der Waals surface area contributed by atoms with E-state index in [1.54, 1.807) is 12.1 Å². The van der Waals surface area contributed by atoms with Crippen LogP contribution in [0.1, 0.15) is 12.8 Å². The summed E-state index contributed by atoms with van der Waals surface area (Å²) >= 11 is 0. The van der Waals surface area contributed by atoms with E-state index in [9.17, 15) is 9.18 Å². The van der Waals surface area contributed by atoms with Gasteiger partial charge in [0.1, 0.15) is 11.6 Å². The molecule has 1 amide bonds. The molecule has 15 heavy (non-hydrogen) atoms. The lowest BCUT2D eigenvalue weighted by Crippen LogP contribution is -2.24. The zero-order valence-electron chi connectivity index (χ0n) is 8.50. The van der Waals surface area contributed by atoms with Gasteiger partial charge in [-0.2, -0.15) is 0 Å². The smallest absolute Gasteiger partial charge is 0.227 e. The molecular weight excluding hydrogens is 197 g/mol. The summed E-state index contributed by atoms with van der Waals surface area (Å²) in [5.74, 6) is 0.152. The van der Waals surface area contributed by atoms with Gasteiger partial charge >= 0.3 is 0 Å². The molecule has 0 N–H and O–H groups in total. The number of nitrogens with zero attached hydrogens (tertiary/aromatic N) is 1. The summed E-state index contributed by atoms with van der Waals surface area (Å²) in [7, 11) is 1.52. The van der Waals surface area contributed by atoms with Crippen molar-refractivity contribution >= 4 is 11.6 Å². The average Bonchev–Trinajstić information content (AvgIpc) is 2.65. The molecule has 3 nitrogen and oxygen atoms in total. The third kappa shape index (κ3) is 1.79. The van der Waals surface area contributed by atoms with Crippen LogP contribution in [-0.2, 0) is 4.79 Å². The average molecular weight is 209 g/mol. The molecular formula is C11H12FNO2. The third-order valence-electron chi connectivity index (χ3n) is 2.52. The molecule has 1 fully saturated rings. The second-order valence-corrected chi connectivity index (χ2v) is 3.47. The number of carbonyl (C=O) groups excluding carboxylic acids is 1. The largest absolute Gasteiger partial charge is 0.497 e. The molecule has 0 unspecified atom stereocenters. The summed E-state index contributed by atoms with van der Waals surface area (Å²) in [6.45, 7) is 0.586. The van der Waals surface area contributed by atoms with Crippen LogP contribution >= 0.6 is 0 Å². The van der Waals surface area contributed by atoms with Gasteiger partial charge in [-0.05, 0) is 18.6 Å². The van der Waals surface area contributed by atoms with Crippen molar-refractivity contribution in [2.24, 2.45) is 0 Å². The SMILES string of the molecule is COc1ccc(F)c(N2CCCC2=O)c1. The quantitative estimate of drug-likeness (QED) is 0.745. The summed E-state index contributed by atoms with van der Waals surface area (Å²) in [6.07, 6.45) is 1.28. The number of benzene rings is 1. The summed E-state index contributed by atoms with van der Waals surface area (Å²) in [4.78, 5) is 12.9. The van der Waals surface area contributed by atoms with E-state index in [0.717, 1.165) is 6.42 Å². The first-order valence-corrected chi connectivity index (χ1v) is 4.86. The van der Waals surface area contributed by atoms with Crippen molar-refractivity contribution < 1.29 is 13.9 Å². The zero-order valence-corrected chi connectivity index (χ0v) is 8.50. The van der Waals surface area contributed by atoms with Gasteiger partial charge in [0.15, 0.2) is 0 Å². The van der Waals surface area contributed by atoms with Crippen LogP contribution < -0.4 is 9.64 Å². The molecule has 0 aliphatic carbocycles. The fourth-order valence-corrected chi connectivity index (χ4v) is 1.73. The minimum atomic E-state index is -0.383. The van der Waals surface area contributed by atoms with E-state index in [4.69, 9.17) is 4.74 Å². The molecule has 0 atom stereocenters. The molecule has 2 rings (SSSR count). The Kier molecular flexibility index (Phi) is 2.58. The molecule has 0 radical (unpaired) electrons. The number of rotatable bonds is 2. The lowest BCUT2D eigenvalue weighted by atomic mass is 10.2. The minimum Gasteiger partial charge on any atom is -0.497 e. The number of hydrogen-bond acceptors (Lipinski definition) is 2. The van der Waals surface area contributed by atoms with Crippen molar-refractivity contribution in [1.82, 2.24) is 0 Å². The van der Waals surface area contributed by atoms with Gasteiger partial charge in [0.25, 0.3) is 0 Å². The Hall–Kier alpha value is -1.58. The molecule has 0 spiro atoms. The van der Waals surface area contributed by atoms with E-state index < -0.39 is 0 Å². The summed E-state index contributed by atoms with van der Waals surface area (Å²) in [5.41, 5.74) is 0.317. The maximum absolute atomic E-state index is 13.5. The Bertz CT molecular complexity index is 392. The predicted octanol–water partition coefficient (Wildman–Crippen LogP) is 1.96. The number of carbonyl (C=O) groups is 1. The zero-order chi connectivity index (χ0) is 10.8. The van der Waals surface area contributed by atoms with Gasteiger partial charge in [-0.15, -0.1) is 0 Å². The second kappa shape index (κ2) is 3.88. The Morgan fingerprint density at radius 3 is 2.87 bits per heavy atom. The van der Waals surface area contributed by atoms with E-state index in [0.29, 0.717) is 24.4 Å². The topological polar surface area (TPSA) is 29.5 Å². The maximum atomic E-state index is 13.5. The number of methoxy groups -OCH3 is 1. The van der Waals surface area contributed by atoms with Crippen LogP contribution in [0, 0.1) is 5.82 Å². The van der Waals surface area contributed by atoms with Crippen molar-refractivity contribution in [3.8, 4) is 5.75 Å². The van der Waals surface area contributed by atoms with Gasteiger partial charge in [-0.3, -0.25) is 4.79 Å². The van der Waals surface area contributed by atoms with E-state index in [-0.39, 0.29) is 11.7 Å². The lowest BCUT2D eigenvalue weighted by molar-refractivity contribution is -0.117. The van der Waals surface area contributed by atoms with E-state index in [1.807, 2.05) is 0 Å². The van der Waals surface area contributed by atoms with Crippen LogP contribution in [0.3, 0.4) is 0 Å². The number of halogens is 1. The first-order valence-electron chi connectivity index (χ1n) is 4.86. The Morgan fingerprint density at radius 1 is 1.47 bits per heavy atom. The highest BCUT2D eigenvalue weighted by atomic mass is 19.1. The van der Waals surface area contributed by atoms with E-state index in [2.05, 4.69) is 0 Å².